The Labute approximate surface area is 144 Å². The summed E-state index contributed by atoms with van der Waals surface area (Å²) in [6, 6.07) is 12.6. The van der Waals surface area contributed by atoms with Crippen LogP contribution >= 0.6 is 0 Å². The molecule has 2 aromatic rings. The summed E-state index contributed by atoms with van der Waals surface area (Å²) in [5.74, 6) is 1.47. The predicted molar refractivity (Wildman–Crippen MR) is 98.3 cm³/mol. The molecule has 0 heterocycles. The van der Waals surface area contributed by atoms with Crippen LogP contribution in [0.1, 0.15) is 29.7 Å². The number of hydrogen-bond acceptors (Lipinski definition) is 4. The molecular formula is C20H27NO3. The molecule has 2 aromatic carbocycles. The lowest BCUT2D eigenvalue weighted by molar-refractivity contribution is 0.144. The molecule has 0 aliphatic rings. The molecule has 0 unspecified atom stereocenters. The predicted octanol–water partition coefficient (Wildman–Crippen LogP) is 4.51. The molecule has 0 aliphatic heterocycles. The smallest absolute Gasteiger partial charge is 0.161 e. The minimum Gasteiger partial charge on any atom is -0.493 e. The van der Waals surface area contributed by atoms with Crippen LogP contribution in [-0.2, 0) is 4.74 Å². The van der Waals surface area contributed by atoms with Gasteiger partial charge in [0.1, 0.15) is 6.61 Å². The number of rotatable bonds is 8. The second-order valence-electron chi connectivity index (χ2n) is 5.92. The van der Waals surface area contributed by atoms with Gasteiger partial charge in [-0.3, -0.25) is 0 Å². The summed E-state index contributed by atoms with van der Waals surface area (Å²) in [5.41, 5.74) is 4.84. The maximum Gasteiger partial charge on any atom is 0.161 e. The number of ether oxygens (including phenoxy) is 3. The largest absolute Gasteiger partial charge is 0.493 e. The third-order valence-corrected chi connectivity index (χ3v) is 4.12. The van der Waals surface area contributed by atoms with Crippen LogP contribution in [0.3, 0.4) is 0 Å². The lowest BCUT2D eigenvalue weighted by Gasteiger charge is -2.19. The minimum atomic E-state index is 0.161. The van der Waals surface area contributed by atoms with Crippen LogP contribution in [0.5, 0.6) is 11.5 Å². The lowest BCUT2D eigenvalue weighted by Crippen LogP contribution is -2.08. The summed E-state index contributed by atoms with van der Waals surface area (Å²) in [6.07, 6.45) is 0. The maximum atomic E-state index is 5.68. The number of aryl methyl sites for hydroxylation is 2. The van der Waals surface area contributed by atoms with E-state index in [1.165, 1.54) is 11.1 Å². The molecule has 1 N–H and O–H groups in total. The highest BCUT2D eigenvalue weighted by Crippen LogP contribution is 2.31. The van der Waals surface area contributed by atoms with E-state index < -0.39 is 0 Å². The zero-order valence-corrected chi connectivity index (χ0v) is 15.2. The summed E-state index contributed by atoms with van der Waals surface area (Å²) in [7, 11) is 3.31. The standard InChI is InChI=1S/C20H27NO3/c1-14-6-8-18(12-15(14)2)21-16(3)17-7-9-19(20(13-17)23-5)24-11-10-22-4/h6-9,12-13,16,21H,10-11H2,1-5H3/t16-/m0/s1. The van der Waals surface area contributed by atoms with Crippen molar-refractivity contribution in [3.05, 3.63) is 53.1 Å². The quantitative estimate of drug-likeness (QED) is 0.723. The molecule has 0 aliphatic carbocycles. The first-order valence-electron chi connectivity index (χ1n) is 8.18. The van der Waals surface area contributed by atoms with Crippen LogP contribution in [0, 0.1) is 13.8 Å². The number of benzene rings is 2. The van der Waals surface area contributed by atoms with Gasteiger partial charge in [-0.15, -0.1) is 0 Å². The second-order valence-corrected chi connectivity index (χ2v) is 5.92. The Kier molecular flexibility index (Phi) is 6.50. The molecule has 2 rings (SSSR count). The summed E-state index contributed by atoms with van der Waals surface area (Å²) in [4.78, 5) is 0. The Morgan fingerprint density at radius 2 is 1.71 bits per heavy atom. The van der Waals surface area contributed by atoms with E-state index in [1.54, 1.807) is 14.2 Å². The first kappa shape index (κ1) is 18.1. The molecule has 0 aromatic heterocycles. The van der Waals surface area contributed by atoms with E-state index in [-0.39, 0.29) is 6.04 Å². The molecule has 4 heteroatoms. The van der Waals surface area contributed by atoms with Crippen molar-refractivity contribution in [2.24, 2.45) is 0 Å². The zero-order chi connectivity index (χ0) is 17.5. The molecule has 4 nitrogen and oxygen atoms in total. The third kappa shape index (κ3) is 4.65. The molecule has 0 amide bonds. The SMILES string of the molecule is COCCOc1ccc([C@H](C)Nc2ccc(C)c(C)c2)cc1OC. The molecule has 0 spiro atoms. The van der Waals surface area contributed by atoms with E-state index in [4.69, 9.17) is 14.2 Å². The zero-order valence-electron chi connectivity index (χ0n) is 15.2. The van der Waals surface area contributed by atoms with Crippen molar-refractivity contribution in [1.82, 2.24) is 0 Å². The number of methoxy groups -OCH3 is 2. The van der Waals surface area contributed by atoms with Crippen molar-refractivity contribution in [1.29, 1.82) is 0 Å². The Morgan fingerprint density at radius 3 is 2.38 bits per heavy atom. The van der Waals surface area contributed by atoms with Crippen molar-refractivity contribution in [3.63, 3.8) is 0 Å². The number of anilines is 1. The van der Waals surface area contributed by atoms with E-state index in [0.717, 1.165) is 22.7 Å². The molecule has 0 bridgehead atoms. The summed E-state index contributed by atoms with van der Waals surface area (Å²) in [5, 5.41) is 3.53. The van der Waals surface area contributed by atoms with Crippen molar-refractivity contribution < 1.29 is 14.2 Å². The molecular weight excluding hydrogens is 302 g/mol. The molecule has 1 atom stereocenters. The maximum absolute atomic E-state index is 5.68. The first-order chi connectivity index (χ1) is 11.5. The fraction of sp³-hybridized carbons (Fsp3) is 0.400. The molecule has 130 valence electrons. The van der Waals surface area contributed by atoms with E-state index in [2.05, 4.69) is 50.4 Å². The van der Waals surface area contributed by atoms with Gasteiger partial charge in [0, 0.05) is 18.8 Å². The van der Waals surface area contributed by atoms with Gasteiger partial charge in [0.25, 0.3) is 0 Å². The van der Waals surface area contributed by atoms with Gasteiger partial charge in [-0.25, -0.2) is 0 Å². The summed E-state index contributed by atoms with van der Waals surface area (Å²) >= 11 is 0. The van der Waals surface area contributed by atoms with E-state index in [1.807, 2.05) is 12.1 Å². The molecule has 0 radical (unpaired) electrons. The van der Waals surface area contributed by atoms with Gasteiger partial charge < -0.3 is 19.5 Å². The Bertz CT molecular complexity index is 670. The lowest BCUT2D eigenvalue weighted by atomic mass is 10.1. The fourth-order valence-electron chi connectivity index (χ4n) is 2.47. The third-order valence-electron chi connectivity index (χ3n) is 4.12. The summed E-state index contributed by atoms with van der Waals surface area (Å²) < 4.78 is 16.1. The second kappa shape index (κ2) is 8.60. The fourth-order valence-corrected chi connectivity index (χ4v) is 2.47. The van der Waals surface area contributed by atoms with Crippen LogP contribution < -0.4 is 14.8 Å². The molecule has 0 saturated carbocycles. The van der Waals surface area contributed by atoms with Crippen LogP contribution in [0.25, 0.3) is 0 Å². The van der Waals surface area contributed by atoms with Crippen molar-refractivity contribution >= 4 is 5.69 Å². The Morgan fingerprint density at radius 1 is 0.917 bits per heavy atom. The number of nitrogens with one attached hydrogen (secondary N) is 1. The first-order valence-corrected chi connectivity index (χ1v) is 8.18. The molecule has 24 heavy (non-hydrogen) atoms. The van der Waals surface area contributed by atoms with Crippen LogP contribution in [-0.4, -0.2) is 27.4 Å². The van der Waals surface area contributed by atoms with Gasteiger partial charge in [0.15, 0.2) is 11.5 Å². The van der Waals surface area contributed by atoms with Crippen LogP contribution in [0.2, 0.25) is 0 Å². The van der Waals surface area contributed by atoms with Gasteiger partial charge in [-0.1, -0.05) is 12.1 Å². The van der Waals surface area contributed by atoms with E-state index in [0.29, 0.717) is 13.2 Å². The highest BCUT2D eigenvalue weighted by Gasteiger charge is 2.11. The Balaban J connectivity index is 2.10. The van der Waals surface area contributed by atoms with Gasteiger partial charge in [-0.2, -0.15) is 0 Å². The highest BCUT2D eigenvalue weighted by molar-refractivity contribution is 5.51. The van der Waals surface area contributed by atoms with Gasteiger partial charge in [-0.05, 0) is 61.7 Å². The van der Waals surface area contributed by atoms with Crippen molar-refractivity contribution in [3.8, 4) is 11.5 Å². The Hall–Kier alpha value is -2.20. The highest BCUT2D eigenvalue weighted by atomic mass is 16.5. The van der Waals surface area contributed by atoms with E-state index in [9.17, 15) is 0 Å². The molecule has 0 fully saturated rings. The van der Waals surface area contributed by atoms with Crippen LogP contribution in [0.15, 0.2) is 36.4 Å². The average Bonchev–Trinajstić information content (AvgIpc) is 2.58. The van der Waals surface area contributed by atoms with Gasteiger partial charge in [0.2, 0.25) is 0 Å². The van der Waals surface area contributed by atoms with Crippen molar-refractivity contribution in [2.45, 2.75) is 26.8 Å². The monoisotopic (exact) mass is 329 g/mol. The van der Waals surface area contributed by atoms with Gasteiger partial charge >= 0.3 is 0 Å². The van der Waals surface area contributed by atoms with E-state index >= 15 is 0 Å². The van der Waals surface area contributed by atoms with Crippen LogP contribution in [0.4, 0.5) is 5.69 Å². The topological polar surface area (TPSA) is 39.7 Å². The molecule has 0 saturated heterocycles. The average molecular weight is 329 g/mol. The minimum absolute atomic E-state index is 0.161. The number of hydrogen-bond donors (Lipinski definition) is 1. The normalized spacial score (nSPS) is 11.9. The summed E-state index contributed by atoms with van der Waals surface area (Å²) in [6.45, 7) is 7.43. The van der Waals surface area contributed by atoms with Crippen molar-refractivity contribution in [2.75, 3.05) is 32.8 Å². The van der Waals surface area contributed by atoms with Gasteiger partial charge in [0.05, 0.1) is 13.7 Å².